The van der Waals surface area contributed by atoms with Crippen molar-refractivity contribution >= 4 is 32.2 Å². The van der Waals surface area contributed by atoms with Gasteiger partial charge in [0, 0.05) is 23.3 Å². The van der Waals surface area contributed by atoms with Crippen LogP contribution in [0, 0.1) is 17.6 Å². The number of hydrogen-bond acceptors (Lipinski definition) is 5. The number of fused-ring (bicyclic) bond motifs is 1. The van der Waals surface area contributed by atoms with Crippen molar-refractivity contribution in [2.45, 2.75) is 12.5 Å². The maximum absolute atomic E-state index is 13.4. The van der Waals surface area contributed by atoms with Crippen LogP contribution in [-0.4, -0.2) is 36.9 Å². The molecule has 3 heterocycles. The van der Waals surface area contributed by atoms with E-state index in [1.807, 2.05) is 0 Å². The van der Waals surface area contributed by atoms with E-state index in [4.69, 9.17) is 0 Å². The van der Waals surface area contributed by atoms with Gasteiger partial charge in [-0.2, -0.15) is 0 Å². The van der Waals surface area contributed by atoms with Gasteiger partial charge in [0.15, 0.2) is 26.6 Å². The summed E-state index contributed by atoms with van der Waals surface area (Å²) in [7, 11) is -3.13. The van der Waals surface area contributed by atoms with Crippen LogP contribution >= 0.6 is 11.3 Å². The maximum atomic E-state index is 13.4. The van der Waals surface area contributed by atoms with Gasteiger partial charge in [-0.3, -0.25) is 9.69 Å². The Kier molecular flexibility index (Phi) is 3.47. The van der Waals surface area contributed by atoms with E-state index in [-0.39, 0.29) is 35.8 Å². The van der Waals surface area contributed by atoms with Gasteiger partial charge in [-0.25, -0.2) is 22.2 Å². The van der Waals surface area contributed by atoms with Gasteiger partial charge in [0.1, 0.15) is 0 Å². The van der Waals surface area contributed by atoms with Gasteiger partial charge >= 0.3 is 0 Å². The Morgan fingerprint density at radius 1 is 1.21 bits per heavy atom. The van der Waals surface area contributed by atoms with Crippen LogP contribution in [0.25, 0.3) is 11.3 Å². The maximum Gasteiger partial charge on any atom is 0.229 e. The summed E-state index contributed by atoms with van der Waals surface area (Å²) in [6.45, 7) is 0. The van der Waals surface area contributed by atoms with Crippen molar-refractivity contribution < 1.29 is 22.0 Å². The molecule has 126 valence electrons. The van der Waals surface area contributed by atoms with E-state index in [0.29, 0.717) is 16.4 Å². The van der Waals surface area contributed by atoms with Crippen LogP contribution in [0.2, 0.25) is 0 Å². The molecule has 0 aliphatic carbocycles. The summed E-state index contributed by atoms with van der Waals surface area (Å²) in [5.74, 6) is -2.28. The number of carbonyl (C=O) groups excluding carboxylic acids is 1. The van der Waals surface area contributed by atoms with Crippen molar-refractivity contribution in [3.63, 3.8) is 0 Å². The Morgan fingerprint density at radius 2 is 2.00 bits per heavy atom. The molecule has 0 spiro atoms. The molecule has 2 atom stereocenters. The minimum atomic E-state index is -3.13. The zero-order valence-electron chi connectivity index (χ0n) is 12.3. The number of aromatic nitrogens is 1. The third-order valence-corrected chi connectivity index (χ3v) is 7.01. The first kappa shape index (κ1) is 15.6. The van der Waals surface area contributed by atoms with Crippen LogP contribution in [0.4, 0.5) is 13.9 Å². The van der Waals surface area contributed by atoms with Crippen LogP contribution in [0.5, 0.6) is 0 Å². The predicted octanol–water partition coefficient (Wildman–Crippen LogP) is 2.24. The van der Waals surface area contributed by atoms with E-state index in [0.717, 1.165) is 12.1 Å². The molecule has 24 heavy (non-hydrogen) atoms. The van der Waals surface area contributed by atoms with Crippen LogP contribution in [0.15, 0.2) is 23.6 Å². The molecule has 2 saturated heterocycles. The minimum absolute atomic E-state index is 0.0291. The van der Waals surface area contributed by atoms with E-state index in [9.17, 15) is 22.0 Å². The lowest BCUT2D eigenvalue weighted by molar-refractivity contribution is -0.117. The molecule has 0 saturated carbocycles. The smallest absolute Gasteiger partial charge is 0.229 e. The Hall–Kier alpha value is -1.87. The minimum Gasteiger partial charge on any atom is -0.284 e. The van der Waals surface area contributed by atoms with Crippen LogP contribution in [0.3, 0.4) is 0 Å². The number of amides is 1. The standard InChI is InChI=1S/C15H12F2N2O3S2/c16-10-2-1-8(3-11(10)17)12-5-23-15(18-12)19-13-7-24(21,22)6-9(13)4-14(19)20/h1-3,5,9,13H,4,6-7H2/t9-,13-/m0/s1. The summed E-state index contributed by atoms with van der Waals surface area (Å²) in [5, 5.41) is 2.04. The van der Waals surface area contributed by atoms with E-state index >= 15 is 0 Å². The lowest BCUT2D eigenvalue weighted by Gasteiger charge is -2.19. The highest BCUT2D eigenvalue weighted by atomic mass is 32.2. The van der Waals surface area contributed by atoms with E-state index in [2.05, 4.69) is 4.98 Å². The third kappa shape index (κ3) is 2.51. The number of carbonyl (C=O) groups is 1. The summed E-state index contributed by atoms with van der Waals surface area (Å²) >= 11 is 1.19. The molecule has 5 nitrogen and oxygen atoms in total. The molecule has 0 N–H and O–H groups in total. The van der Waals surface area contributed by atoms with Crippen molar-refractivity contribution in [2.24, 2.45) is 5.92 Å². The molecule has 2 aliphatic heterocycles. The topological polar surface area (TPSA) is 67.3 Å². The molecule has 1 aromatic carbocycles. The lowest BCUT2D eigenvalue weighted by Crippen LogP contribution is -2.36. The number of benzene rings is 1. The lowest BCUT2D eigenvalue weighted by atomic mass is 10.1. The quantitative estimate of drug-likeness (QED) is 0.813. The number of anilines is 1. The largest absolute Gasteiger partial charge is 0.284 e. The highest BCUT2D eigenvalue weighted by Crippen LogP contribution is 2.39. The molecular formula is C15H12F2N2O3S2. The fourth-order valence-electron chi connectivity index (χ4n) is 3.30. The SMILES string of the molecule is O=C1C[C@H]2CS(=O)(=O)C[C@@H]2N1c1nc(-c2ccc(F)c(F)c2)cs1. The normalized spacial score (nSPS) is 25.2. The van der Waals surface area contributed by atoms with Gasteiger partial charge < -0.3 is 0 Å². The third-order valence-electron chi connectivity index (χ3n) is 4.39. The molecule has 1 aromatic heterocycles. The predicted molar refractivity (Wildman–Crippen MR) is 85.5 cm³/mol. The highest BCUT2D eigenvalue weighted by molar-refractivity contribution is 7.91. The van der Waals surface area contributed by atoms with E-state index < -0.39 is 21.5 Å². The van der Waals surface area contributed by atoms with Crippen LogP contribution in [0.1, 0.15) is 6.42 Å². The molecule has 2 aliphatic rings. The van der Waals surface area contributed by atoms with Crippen molar-refractivity contribution in [2.75, 3.05) is 16.4 Å². The fourth-order valence-corrected chi connectivity index (χ4v) is 6.28. The number of thiazole rings is 1. The second-order valence-electron chi connectivity index (χ2n) is 6.02. The molecule has 2 fully saturated rings. The van der Waals surface area contributed by atoms with Crippen molar-refractivity contribution in [1.82, 2.24) is 4.98 Å². The molecule has 1 amide bonds. The molecule has 0 bridgehead atoms. The van der Waals surface area contributed by atoms with Gasteiger partial charge in [0.05, 0.1) is 23.2 Å². The molecule has 4 rings (SSSR count). The second kappa shape index (κ2) is 5.32. The molecule has 2 aromatic rings. The second-order valence-corrected chi connectivity index (χ2v) is 9.01. The Balaban J connectivity index is 1.67. The zero-order chi connectivity index (χ0) is 17.1. The summed E-state index contributed by atoms with van der Waals surface area (Å²) in [6, 6.07) is 3.09. The summed E-state index contributed by atoms with van der Waals surface area (Å²) in [4.78, 5) is 18.0. The number of rotatable bonds is 2. The van der Waals surface area contributed by atoms with Gasteiger partial charge in [0.25, 0.3) is 0 Å². The summed E-state index contributed by atoms with van der Waals surface area (Å²) < 4.78 is 50.0. The Bertz CT molecular complexity index is 942. The monoisotopic (exact) mass is 370 g/mol. The molecule has 0 radical (unpaired) electrons. The van der Waals surface area contributed by atoms with Crippen LogP contribution < -0.4 is 4.90 Å². The summed E-state index contributed by atoms with van der Waals surface area (Å²) in [6.07, 6.45) is 0.198. The molecular weight excluding hydrogens is 358 g/mol. The van der Waals surface area contributed by atoms with Gasteiger partial charge in [-0.1, -0.05) is 0 Å². The van der Waals surface area contributed by atoms with Crippen molar-refractivity contribution in [1.29, 1.82) is 0 Å². The average molecular weight is 370 g/mol. The highest BCUT2D eigenvalue weighted by Gasteiger charge is 2.50. The first-order valence-electron chi connectivity index (χ1n) is 7.27. The van der Waals surface area contributed by atoms with Gasteiger partial charge in [0.2, 0.25) is 5.91 Å². The zero-order valence-corrected chi connectivity index (χ0v) is 13.9. The van der Waals surface area contributed by atoms with Crippen LogP contribution in [-0.2, 0) is 14.6 Å². The molecule has 0 unspecified atom stereocenters. The number of halogens is 2. The average Bonchev–Trinajstić information content (AvgIpc) is 3.14. The van der Waals surface area contributed by atoms with E-state index in [1.165, 1.54) is 22.3 Å². The number of hydrogen-bond donors (Lipinski definition) is 0. The Morgan fingerprint density at radius 3 is 2.75 bits per heavy atom. The van der Waals surface area contributed by atoms with Gasteiger partial charge in [-0.05, 0) is 18.2 Å². The van der Waals surface area contributed by atoms with Gasteiger partial charge in [-0.15, -0.1) is 11.3 Å². The molecule has 9 heteroatoms. The van der Waals surface area contributed by atoms with E-state index in [1.54, 1.807) is 5.38 Å². The number of nitrogens with zero attached hydrogens (tertiary/aromatic N) is 2. The summed E-state index contributed by atoms with van der Waals surface area (Å²) in [5.41, 5.74) is 0.824. The number of sulfone groups is 1. The fraction of sp³-hybridized carbons (Fsp3) is 0.333. The first-order valence-corrected chi connectivity index (χ1v) is 9.97. The Labute approximate surface area is 140 Å². The van der Waals surface area contributed by atoms with Crippen molar-refractivity contribution in [3.05, 3.63) is 35.2 Å². The van der Waals surface area contributed by atoms with Crippen molar-refractivity contribution in [3.8, 4) is 11.3 Å². The first-order chi connectivity index (χ1) is 11.3.